The number of nitrogens with zero attached hydrogens (tertiary/aromatic N) is 1. The standard InChI is InChI=1S/C47H78N2O13/c1-14-36-47(9,55)37(56-12)24-35(50)28(3)25-46(8,57-13)41(61-43-38(51)34(49(10)11)23-29(4)58-43)30(5)39(31(6)42(52)60-36)59-33-22-27(2)40(45(7,54)26-33)62-44(53)48-21-20-32-18-16-15-17-19-32/h15-19,27-31,33-34,36-41,43,51,54-55H,14,20-26H2,1-13H3,(H,48,53)/t27-,28-,29-,30+,31-,33-,34+,36-,37-,38-,39+,40+,41-,43+,45-,46+,47-/m1/s1. The number of aliphatic hydroxyl groups is 3. The van der Waals surface area contributed by atoms with Crippen molar-refractivity contribution in [3.63, 3.8) is 0 Å². The van der Waals surface area contributed by atoms with Crippen molar-refractivity contribution in [2.24, 2.45) is 23.7 Å². The number of hydrogen-bond donors (Lipinski definition) is 4. The van der Waals surface area contributed by atoms with Crippen LogP contribution in [0.5, 0.6) is 0 Å². The molecule has 2 heterocycles. The van der Waals surface area contributed by atoms with E-state index in [1.807, 2.05) is 77.0 Å². The molecule has 0 bridgehead atoms. The van der Waals surface area contributed by atoms with Gasteiger partial charge in [-0.05, 0) is 92.3 Å². The Kier molecular flexibility index (Phi) is 18.4. The number of Topliss-reactive ketones (excluding diaryl/α,β-unsaturated/α-hetero) is 1. The fraction of sp³-hybridized carbons (Fsp3) is 0.809. The van der Waals surface area contributed by atoms with E-state index in [0.29, 0.717) is 25.8 Å². The van der Waals surface area contributed by atoms with Gasteiger partial charge >= 0.3 is 12.1 Å². The van der Waals surface area contributed by atoms with Crippen LogP contribution in [0.1, 0.15) is 106 Å². The quantitative estimate of drug-likeness (QED) is 0.209. The van der Waals surface area contributed by atoms with E-state index >= 15 is 0 Å². The Hall–Kier alpha value is -2.73. The number of hydrogen-bond acceptors (Lipinski definition) is 14. The third kappa shape index (κ3) is 12.5. The van der Waals surface area contributed by atoms with Crippen LogP contribution in [0.15, 0.2) is 30.3 Å². The van der Waals surface area contributed by atoms with E-state index in [1.165, 1.54) is 21.1 Å². The first-order valence-corrected chi connectivity index (χ1v) is 22.5. The summed E-state index contributed by atoms with van der Waals surface area (Å²) in [4.78, 5) is 43.4. The minimum atomic E-state index is -1.73. The summed E-state index contributed by atoms with van der Waals surface area (Å²) >= 11 is 0. The van der Waals surface area contributed by atoms with Crippen LogP contribution in [0.4, 0.5) is 4.79 Å². The molecular weight excluding hydrogens is 801 g/mol. The van der Waals surface area contributed by atoms with E-state index in [9.17, 15) is 29.7 Å². The van der Waals surface area contributed by atoms with Gasteiger partial charge < -0.3 is 58.7 Å². The van der Waals surface area contributed by atoms with Gasteiger partial charge in [0.1, 0.15) is 35.3 Å². The van der Waals surface area contributed by atoms with Gasteiger partial charge in [-0.15, -0.1) is 0 Å². The Bertz CT molecular complexity index is 1590. The maximum absolute atomic E-state index is 14.5. The normalized spacial score (nSPS) is 41.6. The molecule has 2 aliphatic heterocycles. The highest BCUT2D eigenvalue weighted by molar-refractivity contribution is 5.81. The molecule has 4 rings (SSSR count). The van der Waals surface area contributed by atoms with Crippen LogP contribution < -0.4 is 5.32 Å². The molecule has 1 saturated carbocycles. The van der Waals surface area contributed by atoms with Crippen molar-refractivity contribution in [3.05, 3.63) is 35.9 Å². The third-order valence-electron chi connectivity index (χ3n) is 13.9. The van der Waals surface area contributed by atoms with Gasteiger partial charge in [0.15, 0.2) is 6.29 Å². The Balaban J connectivity index is 1.72. The summed E-state index contributed by atoms with van der Waals surface area (Å²) in [5.74, 6) is -3.49. The number of carbonyl (C=O) groups is 3. The molecule has 15 heteroatoms. The second kappa shape index (κ2) is 22.0. The SMILES string of the molecule is CC[C@H]1OC(=O)[C@H](C)[C@@H](O[C@@H]2C[C@@H](C)[C@H](OC(=O)NCCc3ccccc3)[C@](C)(O)C2)[C@H](C)[C@@H](O[C@@H]2O[C@H](C)C[C@H](N(C)C)[C@H]2O)[C@@](C)(OC)C[C@@H](C)C(=O)C[C@@H](OC)[C@]1(C)O. The van der Waals surface area contributed by atoms with Crippen molar-refractivity contribution in [1.82, 2.24) is 10.2 Å². The summed E-state index contributed by atoms with van der Waals surface area (Å²) in [6, 6.07) is 9.49. The molecular formula is C47H78N2O13. The highest BCUT2D eigenvalue weighted by atomic mass is 16.7. The van der Waals surface area contributed by atoms with Crippen LogP contribution in [0.2, 0.25) is 0 Å². The average Bonchev–Trinajstić information content (AvgIpc) is 3.21. The first-order chi connectivity index (χ1) is 29.0. The smallest absolute Gasteiger partial charge is 0.407 e. The second-order valence-corrected chi connectivity index (χ2v) is 19.3. The summed E-state index contributed by atoms with van der Waals surface area (Å²) in [7, 11) is 6.73. The lowest BCUT2D eigenvalue weighted by molar-refractivity contribution is -0.304. The molecule has 0 unspecified atom stereocenters. The molecule has 4 N–H and O–H groups in total. The van der Waals surface area contributed by atoms with Crippen molar-refractivity contribution in [2.75, 3.05) is 34.9 Å². The van der Waals surface area contributed by atoms with Gasteiger partial charge in [-0.1, -0.05) is 58.0 Å². The number of aliphatic hydroxyl groups excluding tert-OH is 1. The van der Waals surface area contributed by atoms with Gasteiger partial charge in [0.05, 0.1) is 42.0 Å². The average molecular weight is 879 g/mol. The van der Waals surface area contributed by atoms with E-state index in [4.69, 9.17) is 33.2 Å². The van der Waals surface area contributed by atoms with E-state index in [2.05, 4.69) is 5.32 Å². The number of carbonyl (C=O) groups excluding carboxylic acids is 3. The number of rotatable bonds is 12. The van der Waals surface area contributed by atoms with Crippen LogP contribution in [-0.2, 0) is 49.2 Å². The van der Waals surface area contributed by atoms with E-state index in [-0.39, 0.29) is 49.5 Å². The van der Waals surface area contributed by atoms with Gasteiger partial charge in [-0.25, -0.2) is 4.79 Å². The zero-order valence-electron chi connectivity index (χ0n) is 39.5. The van der Waals surface area contributed by atoms with Crippen molar-refractivity contribution >= 4 is 17.8 Å². The summed E-state index contributed by atoms with van der Waals surface area (Å²) in [6.07, 6.45) is -6.61. The molecule has 3 aliphatic rings. The number of esters is 1. The zero-order chi connectivity index (χ0) is 46.3. The summed E-state index contributed by atoms with van der Waals surface area (Å²) in [6.45, 7) is 16.3. The van der Waals surface area contributed by atoms with Crippen LogP contribution in [-0.4, -0.2) is 151 Å². The fourth-order valence-corrected chi connectivity index (χ4v) is 10.1. The molecule has 15 nitrogen and oxygen atoms in total. The van der Waals surface area contributed by atoms with Gasteiger partial charge in [0.2, 0.25) is 0 Å². The minimum absolute atomic E-state index is 0.0667. The monoisotopic (exact) mass is 879 g/mol. The number of cyclic esters (lactones) is 1. The van der Waals surface area contributed by atoms with Gasteiger partial charge in [0, 0.05) is 51.5 Å². The number of amides is 1. The Morgan fingerprint density at radius 3 is 2.19 bits per heavy atom. The lowest BCUT2D eigenvalue weighted by atomic mass is 9.74. The highest BCUT2D eigenvalue weighted by Crippen LogP contribution is 2.42. The first kappa shape index (κ1) is 51.9. The van der Waals surface area contributed by atoms with Gasteiger partial charge in [0.25, 0.3) is 0 Å². The molecule has 1 aromatic carbocycles. The molecule has 62 heavy (non-hydrogen) atoms. The maximum Gasteiger partial charge on any atom is 0.407 e. The van der Waals surface area contributed by atoms with Crippen LogP contribution in [0.25, 0.3) is 0 Å². The first-order valence-electron chi connectivity index (χ1n) is 22.5. The van der Waals surface area contributed by atoms with Gasteiger partial charge in [-0.3, -0.25) is 9.59 Å². The number of methoxy groups -OCH3 is 2. The molecule has 2 saturated heterocycles. The van der Waals surface area contributed by atoms with Gasteiger partial charge in [-0.2, -0.15) is 0 Å². The number of alkyl carbamates (subject to hydrolysis) is 1. The Labute approximate surface area is 369 Å². The molecule has 3 fully saturated rings. The van der Waals surface area contributed by atoms with Crippen molar-refractivity contribution in [3.8, 4) is 0 Å². The molecule has 0 spiro atoms. The Morgan fingerprint density at radius 1 is 0.952 bits per heavy atom. The molecule has 0 aromatic heterocycles. The predicted molar refractivity (Wildman–Crippen MR) is 232 cm³/mol. The van der Waals surface area contributed by atoms with Crippen molar-refractivity contribution in [2.45, 2.75) is 185 Å². The lowest BCUT2D eigenvalue weighted by Crippen LogP contribution is -2.61. The number of ether oxygens (including phenoxy) is 7. The van der Waals surface area contributed by atoms with Crippen molar-refractivity contribution < 1.29 is 62.9 Å². The molecule has 0 radical (unpaired) electrons. The second-order valence-electron chi connectivity index (χ2n) is 19.3. The molecule has 1 amide bonds. The molecule has 17 atom stereocenters. The molecule has 1 aliphatic carbocycles. The Morgan fingerprint density at radius 2 is 1.61 bits per heavy atom. The largest absolute Gasteiger partial charge is 0.459 e. The van der Waals surface area contributed by atoms with Crippen molar-refractivity contribution in [1.29, 1.82) is 0 Å². The minimum Gasteiger partial charge on any atom is -0.459 e. The number of ketones is 1. The predicted octanol–water partition coefficient (Wildman–Crippen LogP) is 4.83. The maximum atomic E-state index is 14.5. The van der Waals surface area contributed by atoms with E-state index in [0.717, 1.165) is 5.56 Å². The third-order valence-corrected chi connectivity index (χ3v) is 13.9. The van der Waals surface area contributed by atoms with E-state index < -0.39 is 95.6 Å². The van der Waals surface area contributed by atoms with Crippen LogP contribution in [0, 0.1) is 23.7 Å². The molecule has 354 valence electrons. The zero-order valence-corrected chi connectivity index (χ0v) is 39.5. The summed E-state index contributed by atoms with van der Waals surface area (Å²) < 4.78 is 44.3. The molecule has 1 aromatic rings. The highest BCUT2D eigenvalue weighted by Gasteiger charge is 2.53. The van der Waals surface area contributed by atoms with Crippen LogP contribution in [0.3, 0.4) is 0 Å². The number of nitrogens with one attached hydrogen (secondary N) is 1. The number of likely N-dealkylation sites (N-methyl/N-ethyl adjacent to an activating group) is 1. The summed E-state index contributed by atoms with van der Waals surface area (Å²) in [5, 5.41) is 38.4. The summed E-state index contributed by atoms with van der Waals surface area (Å²) in [5.41, 5.74) is -3.40. The fourth-order valence-electron chi connectivity index (χ4n) is 10.1. The number of benzene rings is 1. The van der Waals surface area contributed by atoms with E-state index in [1.54, 1.807) is 27.7 Å². The van der Waals surface area contributed by atoms with Crippen LogP contribution >= 0.6 is 0 Å². The topological polar surface area (TPSA) is 192 Å². The lowest BCUT2D eigenvalue weighted by Gasteiger charge is -2.49.